The van der Waals surface area contributed by atoms with E-state index in [-0.39, 0.29) is 35.4 Å². The van der Waals surface area contributed by atoms with Gasteiger partial charge in [0.25, 0.3) is 0 Å². The molecule has 0 atom stereocenters. The number of hydrogen-bond donors (Lipinski definition) is 2. The standard InChI is InChI=1S/C27H28N3O4/c28-26(33)21-14-8-7-13-20(21)24-25(34-27(30-24)19-11-5-2-6-12-19)22(31)17-29-23(32)16-15-18-9-3-1-4-10-18/h2,5-8,11-14,16,18H,1,3-4,9-10,15,17H2,(H2,28,33)(H,29,32). The van der Waals surface area contributed by atoms with E-state index in [0.717, 1.165) is 19.3 Å². The molecule has 1 aromatic heterocycles. The Kier molecular flexibility index (Phi) is 7.52. The quantitative estimate of drug-likeness (QED) is 0.455. The number of carbonyl (C=O) groups is 3. The Balaban J connectivity index is 1.54. The summed E-state index contributed by atoms with van der Waals surface area (Å²) in [4.78, 5) is 41.9. The molecule has 1 heterocycles. The molecule has 1 aliphatic rings. The van der Waals surface area contributed by atoms with Crippen LogP contribution in [-0.2, 0) is 4.79 Å². The van der Waals surface area contributed by atoms with Crippen molar-refractivity contribution in [3.8, 4) is 22.7 Å². The van der Waals surface area contributed by atoms with Gasteiger partial charge in [-0.2, -0.15) is 0 Å². The highest BCUT2D eigenvalue weighted by Crippen LogP contribution is 2.31. The second kappa shape index (κ2) is 10.9. The highest BCUT2D eigenvalue weighted by molar-refractivity contribution is 6.06. The fraction of sp³-hybridized carbons (Fsp3) is 0.296. The van der Waals surface area contributed by atoms with Crippen LogP contribution in [0.3, 0.4) is 0 Å². The van der Waals surface area contributed by atoms with Crippen molar-refractivity contribution in [3.63, 3.8) is 0 Å². The maximum Gasteiger partial charge on any atom is 0.249 e. The number of hydrogen-bond acceptors (Lipinski definition) is 5. The first-order valence-electron chi connectivity index (χ1n) is 11.6. The van der Waals surface area contributed by atoms with Gasteiger partial charge < -0.3 is 15.5 Å². The molecule has 2 amide bonds. The zero-order valence-electron chi connectivity index (χ0n) is 19.0. The van der Waals surface area contributed by atoms with E-state index in [1.807, 2.05) is 30.3 Å². The molecule has 1 fully saturated rings. The van der Waals surface area contributed by atoms with E-state index in [9.17, 15) is 14.4 Å². The third-order valence-electron chi connectivity index (χ3n) is 6.13. The minimum atomic E-state index is -0.635. The van der Waals surface area contributed by atoms with E-state index in [2.05, 4.69) is 10.3 Å². The van der Waals surface area contributed by atoms with Crippen molar-refractivity contribution in [2.45, 2.75) is 38.5 Å². The molecular formula is C27H28N3O4. The van der Waals surface area contributed by atoms with Gasteiger partial charge in [-0.1, -0.05) is 68.5 Å². The number of carbonyl (C=O) groups excluding carboxylic acids is 3. The molecule has 7 heteroatoms. The Morgan fingerprint density at radius 1 is 1.00 bits per heavy atom. The first-order valence-corrected chi connectivity index (χ1v) is 11.6. The second-order valence-electron chi connectivity index (χ2n) is 8.56. The summed E-state index contributed by atoms with van der Waals surface area (Å²) in [7, 11) is 0. The van der Waals surface area contributed by atoms with Crippen LogP contribution >= 0.6 is 0 Å². The first-order chi connectivity index (χ1) is 16.5. The van der Waals surface area contributed by atoms with Gasteiger partial charge in [-0.15, -0.1) is 0 Å². The van der Waals surface area contributed by atoms with Crippen LogP contribution in [0.4, 0.5) is 0 Å². The molecule has 1 aliphatic carbocycles. The highest BCUT2D eigenvalue weighted by Gasteiger charge is 2.25. The molecule has 0 saturated heterocycles. The molecule has 0 spiro atoms. The number of aromatic nitrogens is 1. The Hall–Kier alpha value is -3.74. The summed E-state index contributed by atoms with van der Waals surface area (Å²) >= 11 is 0. The van der Waals surface area contributed by atoms with E-state index in [1.165, 1.54) is 19.3 Å². The zero-order chi connectivity index (χ0) is 23.9. The Morgan fingerprint density at radius 3 is 2.44 bits per heavy atom. The van der Waals surface area contributed by atoms with Gasteiger partial charge in [-0.25, -0.2) is 4.98 Å². The molecule has 1 saturated carbocycles. The Bertz CT molecular complexity index is 1160. The molecule has 175 valence electrons. The van der Waals surface area contributed by atoms with Crippen molar-refractivity contribution in [2.24, 2.45) is 11.7 Å². The first kappa shape index (κ1) is 23.4. The van der Waals surface area contributed by atoms with Crippen LogP contribution in [0.5, 0.6) is 0 Å². The molecule has 3 N–H and O–H groups in total. The van der Waals surface area contributed by atoms with Crippen LogP contribution in [0.15, 0.2) is 59.0 Å². The SMILES string of the molecule is NC(=O)c1ccccc1-c1nc(-c2ccccc2)oc1C(=O)CNC(=O)[CH]CC1CCCCC1. The van der Waals surface area contributed by atoms with Gasteiger partial charge in [-0.05, 0) is 30.5 Å². The molecule has 34 heavy (non-hydrogen) atoms. The van der Waals surface area contributed by atoms with Crippen LogP contribution in [0.1, 0.15) is 59.4 Å². The third-order valence-corrected chi connectivity index (χ3v) is 6.13. The van der Waals surface area contributed by atoms with Gasteiger partial charge >= 0.3 is 0 Å². The second-order valence-corrected chi connectivity index (χ2v) is 8.56. The number of nitrogens with two attached hydrogens (primary N) is 1. The van der Waals surface area contributed by atoms with Crippen molar-refractivity contribution in [3.05, 3.63) is 72.3 Å². The predicted octanol–water partition coefficient (Wildman–Crippen LogP) is 4.58. The Morgan fingerprint density at radius 2 is 1.71 bits per heavy atom. The number of rotatable bonds is 9. The smallest absolute Gasteiger partial charge is 0.249 e. The lowest BCUT2D eigenvalue weighted by Gasteiger charge is -2.20. The van der Waals surface area contributed by atoms with E-state index in [4.69, 9.17) is 10.2 Å². The summed E-state index contributed by atoms with van der Waals surface area (Å²) in [6, 6.07) is 15.8. The van der Waals surface area contributed by atoms with Crippen molar-refractivity contribution in [1.29, 1.82) is 0 Å². The van der Waals surface area contributed by atoms with Crippen LogP contribution < -0.4 is 11.1 Å². The van der Waals surface area contributed by atoms with Gasteiger partial charge in [0, 0.05) is 23.1 Å². The minimum absolute atomic E-state index is 0.0277. The molecule has 0 aliphatic heterocycles. The number of primary amides is 1. The summed E-state index contributed by atoms with van der Waals surface area (Å²) in [6.45, 7) is -0.241. The number of ketones is 1. The lowest BCUT2D eigenvalue weighted by molar-refractivity contribution is -0.118. The summed E-state index contributed by atoms with van der Waals surface area (Å²) < 4.78 is 5.86. The van der Waals surface area contributed by atoms with Crippen LogP contribution in [0, 0.1) is 12.3 Å². The summed E-state index contributed by atoms with van der Waals surface area (Å²) in [5.41, 5.74) is 7.08. The molecule has 0 bridgehead atoms. The maximum absolute atomic E-state index is 13.1. The van der Waals surface area contributed by atoms with Gasteiger partial charge in [0.1, 0.15) is 5.69 Å². The Labute approximate surface area is 198 Å². The largest absolute Gasteiger partial charge is 0.432 e. The van der Waals surface area contributed by atoms with Crippen molar-refractivity contribution < 1.29 is 18.8 Å². The maximum atomic E-state index is 13.1. The van der Waals surface area contributed by atoms with Crippen molar-refractivity contribution in [1.82, 2.24) is 10.3 Å². The van der Waals surface area contributed by atoms with Crippen molar-refractivity contribution in [2.75, 3.05) is 6.54 Å². The fourth-order valence-electron chi connectivity index (χ4n) is 4.32. The number of Topliss-reactive ketones (excluding diaryl/α,β-unsaturated/α-hetero) is 1. The van der Waals surface area contributed by atoms with E-state index in [1.54, 1.807) is 30.7 Å². The van der Waals surface area contributed by atoms with E-state index in [0.29, 0.717) is 17.0 Å². The lowest BCUT2D eigenvalue weighted by atomic mass is 9.86. The van der Waals surface area contributed by atoms with E-state index < -0.39 is 11.7 Å². The number of nitrogens with zero attached hydrogens (tertiary/aromatic N) is 1. The molecule has 7 nitrogen and oxygen atoms in total. The molecular weight excluding hydrogens is 430 g/mol. The lowest BCUT2D eigenvalue weighted by Crippen LogP contribution is -2.30. The molecule has 1 radical (unpaired) electrons. The number of nitrogens with one attached hydrogen (secondary N) is 1. The average molecular weight is 459 g/mol. The number of benzene rings is 2. The minimum Gasteiger partial charge on any atom is -0.432 e. The van der Waals surface area contributed by atoms with Crippen LogP contribution in [0.2, 0.25) is 0 Å². The molecule has 2 aromatic carbocycles. The van der Waals surface area contributed by atoms with Crippen LogP contribution in [-0.4, -0.2) is 29.1 Å². The van der Waals surface area contributed by atoms with E-state index >= 15 is 0 Å². The van der Waals surface area contributed by atoms with Crippen molar-refractivity contribution >= 4 is 17.6 Å². The predicted molar refractivity (Wildman–Crippen MR) is 129 cm³/mol. The third kappa shape index (κ3) is 5.60. The average Bonchev–Trinajstić information content (AvgIpc) is 3.33. The van der Waals surface area contributed by atoms with Gasteiger partial charge in [0.15, 0.2) is 0 Å². The fourth-order valence-corrected chi connectivity index (χ4v) is 4.32. The number of oxazole rings is 1. The summed E-state index contributed by atoms with van der Waals surface area (Å²) in [5.74, 6) is -0.601. The highest BCUT2D eigenvalue weighted by atomic mass is 16.4. The molecule has 3 aromatic rings. The molecule has 4 rings (SSSR count). The van der Waals surface area contributed by atoms with Gasteiger partial charge in [-0.3, -0.25) is 14.4 Å². The molecule has 0 unspecified atom stereocenters. The monoisotopic (exact) mass is 458 g/mol. The van der Waals surface area contributed by atoms with Gasteiger partial charge in [0.05, 0.1) is 6.54 Å². The zero-order valence-corrected chi connectivity index (χ0v) is 19.0. The van der Waals surface area contributed by atoms with Gasteiger partial charge in [0.2, 0.25) is 29.2 Å². The normalized spacial score (nSPS) is 14.0. The summed E-state index contributed by atoms with van der Waals surface area (Å²) in [6.07, 6.45) is 8.32. The topological polar surface area (TPSA) is 115 Å². The number of amides is 2. The summed E-state index contributed by atoms with van der Waals surface area (Å²) in [5, 5.41) is 2.66. The van der Waals surface area contributed by atoms with Crippen LogP contribution in [0.25, 0.3) is 22.7 Å².